The lowest BCUT2D eigenvalue weighted by Gasteiger charge is -2.31. The number of aromatic nitrogens is 2. The Balaban J connectivity index is 1.78. The normalized spacial score (nSPS) is 16.5. The van der Waals surface area contributed by atoms with Crippen molar-refractivity contribution in [3.8, 4) is 0 Å². The maximum absolute atomic E-state index is 12.0. The maximum atomic E-state index is 12.0. The van der Waals surface area contributed by atoms with Gasteiger partial charge in [-0.25, -0.2) is 4.98 Å². The van der Waals surface area contributed by atoms with Crippen LogP contribution in [0.25, 0.3) is 10.9 Å². The molecular formula is C14H16N4O2. The number of hydrogen-bond acceptors (Lipinski definition) is 4. The Bertz CT molecular complexity index is 674. The third kappa shape index (κ3) is 2.55. The van der Waals surface area contributed by atoms with Crippen molar-refractivity contribution in [2.24, 2.45) is 0 Å². The van der Waals surface area contributed by atoms with Crippen molar-refractivity contribution in [1.82, 2.24) is 19.8 Å². The molecule has 1 aliphatic rings. The summed E-state index contributed by atoms with van der Waals surface area (Å²) in [7, 11) is 0. The molecule has 1 aromatic carbocycles. The Kier molecular flexibility index (Phi) is 3.47. The van der Waals surface area contributed by atoms with Crippen LogP contribution < -0.4 is 5.56 Å². The van der Waals surface area contributed by atoms with Gasteiger partial charge in [-0.05, 0) is 12.1 Å². The van der Waals surface area contributed by atoms with Crippen LogP contribution in [0.15, 0.2) is 29.1 Å². The molecule has 1 aromatic heterocycles. The average molecular weight is 272 g/mol. The molecule has 0 unspecified atom stereocenters. The van der Waals surface area contributed by atoms with E-state index in [0.29, 0.717) is 17.8 Å². The Morgan fingerprint density at radius 1 is 1.20 bits per heavy atom. The highest BCUT2D eigenvalue weighted by Crippen LogP contribution is 2.08. The van der Waals surface area contributed by atoms with E-state index in [4.69, 9.17) is 0 Å². The molecule has 1 saturated heterocycles. The summed E-state index contributed by atoms with van der Waals surface area (Å²) in [6.45, 7) is 3.65. The summed E-state index contributed by atoms with van der Waals surface area (Å²) >= 11 is 0. The summed E-state index contributed by atoms with van der Waals surface area (Å²) in [5, 5.41) is 0.613. The van der Waals surface area contributed by atoms with Gasteiger partial charge in [-0.3, -0.25) is 14.5 Å². The van der Waals surface area contributed by atoms with Crippen molar-refractivity contribution in [2.45, 2.75) is 6.54 Å². The fourth-order valence-corrected chi connectivity index (χ4v) is 2.45. The molecule has 0 saturated carbocycles. The molecule has 6 nitrogen and oxygen atoms in total. The van der Waals surface area contributed by atoms with Gasteiger partial charge >= 0.3 is 0 Å². The van der Waals surface area contributed by atoms with Gasteiger partial charge < -0.3 is 9.88 Å². The van der Waals surface area contributed by atoms with Crippen molar-refractivity contribution in [3.63, 3.8) is 0 Å². The topological polar surface area (TPSA) is 69.3 Å². The van der Waals surface area contributed by atoms with E-state index in [9.17, 15) is 9.59 Å². The molecular weight excluding hydrogens is 256 g/mol. The zero-order valence-corrected chi connectivity index (χ0v) is 11.1. The number of amides is 1. The van der Waals surface area contributed by atoms with E-state index in [1.165, 1.54) is 0 Å². The second kappa shape index (κ2) is 5.42. The SMILES string of the molecule is O=CN1CCN(Cc2nc3ccccc3c(=O)[nH]2)CC1. The fourth-order valence-electron chi connectivity index (χ4n) is 2.45. The van der Waals surface area contributed by atoms with Gasteiger partial charge in [0.1, 0.15) is 5.82 Å². The summed E-state index contributed by atoms with van der Waals surface area (Å²) in [5.41, 5.74) is 0.620. The number of nitrogens with one attached hydrogen (secondary N) is 1. The van der Waals surface area contributed by atoms with Gasteiger partial charge in [0, 0.05) is 26.2 Å². The molecule has 1 aliphatic heterocycles. The molecule has 0 spiro atoms. The van der Waals surface area contributed by atoms with Gasteiger partial charge in [0.15, 0.2) is 0 Å². The van der Waals surface area contributed by atoms with Crippen LogP contribution >= 0.6 is 0 Å². The molecule has 0 aliphatic carbocycles. The predicted molar refractivity (Wildman–Crippen MR) is 75.3 cm³/mol. The number of aromatic amines is 1. The third-order valence-electron chi connectivity index (χ3n) is 3.59. The lowest BCUT2D eigenvalue weighted by Crippen LogP contribution is -2.45. The number of carbonyl (C=O) groups is 1. The highest BCUT2D eigenvalue weighted by Gasteiger charge is 2.16. The molecule has 0 bridgehead atoms. The average Bonchev–Trinajstić information content (AvgIpc) is 2.48. The van der Waals surface area contributed by atoms with E-state index in [-0.39, 0.29) is 5.56 Å². The molecule has 1 N–H and O–H groups in total. The second-order valence-corrected chi connectivity index (χ2v) is 4.95. The van der Waals surface area contributed by atoms with E-state index < -0.39 is 0 Å². The van der Waals surface area contributed by atoms with Crippen molar-refractivity contribution in [3.05, 3.63) is 40.4 Å². The molecule has 0 radical (unpaired) electrons. The summed E-state index contributed by atoms with van der Waals surface area (Å²) in [5.74, 6) is 0.674. The van der Waals surface area contributed by atoms with Gasteiger partial charge in [-0.15, -0.1) is 0 Å². The van der Waals surface area contributed by atoms with Gasteiger partial charge in [-0.1, -0.05) is 12.1 Å². The zero-order chi connectivity index (χ0) is 13.9. The minimum atomic E-state index is -0.0999. The number of H-pyrrole nitrogens is 1. The monoisotopic (exact) mass is 272 g/mol. The number of piperazine rings is 1. The van der Waals surface area contributed by atoms with Crippen LogP contribution in [0, 0.1) is 0 Å². The van der Waals surface area contributed by atoms with Crippen LogP contribution in [0.2, 0.25) is 0 Å². The quantitative estimate of drug-likeness (QED) is 0.810. The van der Waals surface area contributed by atoms with E-state index in [2.05, 4.69) is 14.9 Å². The molecule has 2 aromatic rings. The molecule has 6 heteroatoms. The number of nitrogens with zero attached hydrogens (tertiary/aromatic N) is 3. The van der Waals surface area contributed by atoms with Crippen LogP contribution in [0.1, 0.15) is 5.82 Å². The standard InChI is InChI=1S/C14H16N4O2/c19-10-18-7-5-17(6-8-18)9-13-15-12-4-2-1-3-11(12)14(20)16-13/h1-4,10H,5-9H2,(H,15,16,20). The highest BCUT2D eigenvalue weighted by molar-refractivity contribution is 5.77. The first kappa shape index (κ1) is 12.8. The number of fused-ring (bicyclic) bond motifs is 1. The molecule has 2 heterocycles. The van der Waals surface area contributed by atoms with Crippen molar-refractivity contribution in [1.29, 1.82) is 0 Å². The summed E-state index contributed by atoms with van der Waals surface area (Å²) < 4.78 is 0. The molecule has 1 amide bonds. The van der Waals surface area contributed by atoms with Crippen molar-refractivity contribution in [2.75, 3.05) is 26.2 Å². The van der Waals surface area contributed by atoms with Crippen LogP contribution in [0.5, 0.6) is 0 Å². The van der Waals surface area contributed by atoms with Gasteiger partial charge in [-0.2, -0.15) is 0 Å². The van der Waals surface area contributed by atoms with E-state index in [1.54, 1.807) is 11.0 Å². The maximum Gasteiger partial charge on any atom is 0.258 e. The Morgan fingerprint density at radius 2 is 1.95 bits per heavy atom. The lowest BCUT2D eigenvalue weighted by molar-refractivity contribution is -0.119. The molecule has 20 heavy (non-hydrogen) atoms. The molecule has 104 valence electrons. The Hall–Kier alpha value is -2.21. The van der Waals surface area contributed by atoms with E-state index in [0.717, 1.165) is 38.1 Å². The van der Waals surface area contributed by atoms with Crippen molar-refractivity contribution < 1.29 is 4.79 Å². The first-order valence-electron chi connectivity index (χ1n) is 6.66. The smallest absolute Gasteiger partial charge is 0.258 e. The number of hydrogen-bond donors (Lipinski definition) is 1. The highest BCUT2D eigenvalue weighted by atomic mass is 16.1. The van der Waals surface area contributed by atoms with E-state index in [1.807, 2.05) is 18.2 Å². The number of benzene rings is 1. The van der Waals surface area contributed by atoms with Gasteiger partial charge in [0.25, 0.3) is 5.56 Å². The predicted octanol–water partition coefficient (Wildman–Crippen LogP) is 0.197. The molecule has 0 atom stereocenters. The van der Waals surface area contributed by atoms with Gasteiger partial charge in [0.2, 0.25) is 6.41 Å². The number of rotatable bonds is 3. The Morgan fingerprint density at radius 3 is 2.70 bits per heavy atom. The number of carbonyl (C=O) groups excluding carboxylic acids is 1. The van der Waals surface area contributed by atoms with Gasteiger partial charge in [0.05, 0.1) is 17.4 Å². The van der Waals surface area contributed by atoms with Crippen molar-refractivity contribution >= 4 is 17.3 Å². The molecule has 1 fully saturated rings. The van der Waals surface area contributed by atoms with E-state index >= 15 is 0 Å². The van der Waals surface area contributed by atoms with Crippen LogP contribution in [0.3, 0.4) is 0 Å². The minimum Gasteiger partial charge on any atom is -0.343 e. The summed E-state index contributed by atoms with van der Waals surface area (Å²) in [6, 6.07) is 7.32. The Labute approximate surface area is 116 Å². The zero-order valence-electron chi connectivity index (χ0n) is 11.1. The largest absolute Gasteiger partial charge is 0.343 e. The van der Waals surface area contributed by atoms with Crippen LogP contribution in [-0.2, 0) is 11.3 Å². The first-order chi connectivity index (χ1) is 9.76. The number of para-hydroxylation sites is 1. The summed E-state index contributed by atoms with van der Waals surface area (Å²) in [4.78, 5) is 33.9. The van der Waals surface area contributed by atoms with Crippen LogP contribution in [-0.4, -0.2) is 52.4 Å². The summed E-state index contributed by atoms with van der Waals surface area (Å²) in [6.07, 6.45) is 0.882. The first-order valence-corrected chi connectivity index (χ1v) is 6.66. The lowest BCUT2D eigenvalue weighted by atomic mass is 10.2. The third-order valence-corrected chi connectivity index (χ3v) is 3.59. The molecule has 3 rings (SSSR count). The second-order valence-electron chi connectivity index (χ2n) is 4.95. The minimum absolute atomic E-state index is 0.0999. The van der Waals surface area contributed by atoms with Crippen LogP contribution in [0.4, 0.5) is 0 Å². The fraction of sp³-hybridized carbons (Fsp3) is 0.357.